The van der Waals surface area contributed by atoms with Crippen LogP contribution in [0.25, 0.3) is 0 Å². The zero-order valence-electron chi connectivity index (χ0n) is 15.9. The first-order valence-corrected chi connectivity index (χ1v) is 8.31. The lowest BCUT2D eigenvalue weighted by Gasteiger charge is -2.14. The molecule has 1 aromatic carbocycles. The van der Waals surface area contributed by atoms with E-state index in [2.05, 4.69) is 20.6 Å². The molecule has 0 saturated heterocycles. The zero-order valence-corrected chi connectivity index (χ0v) is 18.2. The second-order valence-corrected chi connectivity index (χ2v) is 5.98. The van der Waals surface area contributed by atoms with Crippen molar-refractivity contribution in [3.63, 3.8) is 0 Å². The molecule has 0 atom stereocenters. The summed E-state index contributed by atoms with van der Waals surface area (Å²) in [6.07, 6.45) is 0. The molecular weight excluding hydrogens is 448 g/mol. The molecule has 0 aliphatic rings. The largest absolute Gasteiger partial charge is 0.444 e. The Morgan fingerprint density at radius 1 is 1.27 bits per heavy atom. The molecular formula is C18H27FIN5O. The van der Waals surface area contributed by atoms with Gasteiger partial charge in [-0.2, -0.15) is 0 Å². The van der Waals surface area contributed by atoms with E-state index in [1.54, 1.807) is 11.0 Å². The van der Waals surface area contributed by atoms with Gasteiger partial charge in [0, 0.05) is 20.6 Å². The summed E-state index contributed by atoms with van der Waals surface area (Å²) in [6, 6.07) is 5.16. The average molecular weight is 475 g/mol. The van der Waals surface area contributed by atoms with Gasteiger partial charge in [-0.1, -0.05) is 6.07 Å². The summed E-state index contributed by atoms with van der Waals surface area (Å²) >= 11 is 0. The number of aryl methyl sites for hydroxylation is 2. The van der Waals surface area contributed by atoms with Gasteiger partial charge in [-0.15, -0.1) is 24.0 Å². The zero-order chi connectivity index (χ0) is 18.4. The Morgan fingerprint density at radius 3 is 2.54 bits per heavy atom. The Hall–Kier alpha value is -1.84. The number of halogens is 2. The minimum absolute atomic E-state index is 0. The Bertz CT molecular complexity index is 726. The van der Waals surface area contributed by atoms with E-state index < -0.39 is 0 Å². The van der Waals surface area contributed by atoms with Crippen LogP contribution in [0.3, 0.4) is 0 Å². The molecule has 2 rings (SSSR count). The first-order valence-electron chi connectivity index (χ1n) is 8.31. The second-order valence-electron chi connectivity index (χ2n) is 5.98. The van der Waals surface area contributed by atoms with Crippen molar-refractivity contribution in [2.75, 3.05) is 25.5 Å². The predicted octanol–water partition coefficient (Wildman–Crippen LogP) is 3.37. The summed E-state index contributed by atoms with van der Waals surface area (Å²) in [6.45, 7) is 7.33. The number of nitrogens with one attached hydrogen (secondary N) is 2. The van der Waals surface area contributed by atoms with Gasteiger partial charge in [-0.3, -0.25) is 0 Å². The summed E-state index contributed by atoms with van der Waals surface area (Å²) in [5, 5.41) is 6.33. The van der Waals surface area contributed by atoms with Crippen molar-refractivity contribution in [2.24, 2.45) is 4.99 Å². The number of hydrogen-bond donors (Lipinski definition) is 2. The standard InChI is InChI=1S/C18H26FN5O.HI/c1-6-20-18(22-11-17-23-12(2)13(3)25-17)21-10-14-7-8-16(24(4)5)15(19)9-14;/h7-9H,6,10-11H2,1-5H3,(H2,20,21,22);1H. The second kappa shape index (κ2) is 10.3. The Morgan fingerprint density at radius 2 is 2.00 bits per heavy atom. The smallest absolute Gasteiger partial charge is 0.214 e. The fourth-order valence-corrected chi connectivity index (χ4v) is 2.30. The maximum Gasteiger partial charge on any atom is 0.214 e. The molecule has 0 fully saturated rings. The summed E-state index contributed by atoms with van der Waals surface area (Å²) in [4.78, 5) is 10.6. The van der Waals surface area contributed by atoms with Gasteiger partial charge in [0.2, 0.25) is 5.89 Å². The van der Waals surface area contributed by atoms with Gasteiger partial charge in [0.15, 0.2) is 5.96 Å². The van der Waals surface area contributed by atoms with E-state index >= 15 is 0 Å². The third kappa shape index (κ3) is 6.15. The number of aliphatic imine (C=N–C) groups is 1. The fraction of sp³-hybridized carbons (Fsp3) is 0.444. The van der Waals surface area contributed by atoms with E-state index in [-0.39, 0.29) is 29.8 Å². The van der Waals surface area contributed by atoms with Crippen LogP contribution in [0.4, 0.5) is 10.1 Å². The molecule has 0 bridgehead atoms. The number of aromatic nitrogens is 1. The van der Waals surface area contributed by atoms with Gasteiger partial charge in [0.1, 0.15) is 11.6 Å². The van der Waals surface area contributed by atoms with Gasteiger partial charge >= 0.3 is 0 Å². The summed E-state index contributed by atoms with van der Waals surface area (Å²) < 4.78 is 19.6. The lowest BCUT2D eigenvalue weighted by Crippen LogP contribution is -2.36. The summed E-state index contributed by atoms with van der Waals surface area (Å²) in [5.41, 5.74) is 2.26. The quantitative estimate of drug-likeness (QED) is 0.381. The first-order chi connectivity index (χ1) is 11.9. The van der Waals surface area contributed by atoms with Crippen molar-refractivity contribution >= 4 is 35.6 Å². The normalized spacial score (nSPS) is 11.1. The Labute approximate surface area is 171 Å². The molecule has 0 aliphatic heterocycles. The van der Waals surface area contributed by atoms with Gasteiger partial charge in [0.05, 0.1) is 24.5 Å². The van der Waals surface area contributed by atoms with Crippen LogP contribution in [0.5, 0.6) is 0 Å². The number of hydrogen-bond acceptors (Lipinski definition) is 4. The first kappa shape index (κ1) is 22.2. The topological polar surface area (TPSA) is 65.7 Å². The molecule has 0 amide bonds. The molecule has 6 nitrogen and oxygen atoms in total. The van der Waals surface area contributed by atoms with E-state index in [1.807, 2.05) is 40.9 Å². The molecule has 0 saturated carbocycles. The highest BCUT2D eigenvalue weighted by Gasteiger charge is 2.07. The molecule has 0 unspecified atom stereocenters. The van der Waals surface area contributed by atoms with Crippen LogP contribution in [-0.4, -0.2) is 31.6 Å². The molecule has 0 radical (unpaired) electrons. The number of benzene rings is 1. The van der Waals surface area contributed by atoms with Crippen LogP contribution in [0.15, 0.2) is 27.6 Å². The third-order valence-corrected chi connectivity index (χ3v) is 3.74. The fourth-order valence-electron chi connectivity index (χ4n) is 2.30. The number of nitrogens with zero attached hydrogens (tertiary/aromatic N) is 3. The van der Waals surface area contributed by atoms with Crippen LogP contribution in [-0.2, 0) is 13.1 Å². The van der Waals surface area contributed by atoms with Crippen LogP contribution in [0.2, 0.25) is 0 Å². The molecule has 2 N–H and O–H groups in total. The third-order valence-electron chi connectivity index (χ3n) is 3.74. The Balaban J connectivity index is 0.00000338. The number of oxazole rings is 1. The van der Waals surface area contributed by atoms with Crippen LogP contribution in [0, 0.1) is 19.7 Å². The van der Waals surface area contributed by atoms with Crippen molar-refractivity contribution < 1.29 is 8.81 Å². The van der Waals surface area contributed by atoms with Crippen LogP contribution in [0.1, 0.15) is 29.8 Å². The molecule has 8 heteroatoms. The van der Waals surface area contributed by atoms with E-state index in [9.17, 15) is 4.39 Å². The van der Waals surface area contributed by atoms with Crippen molar-refractivity contribution in [2.45, 2.75) is 33.9 Å². The number of anilines is 1. The van der Waals surface area contributed by atoms with Crippen molar-refractivity contribution in [1.82, 2.24) is 15.6 Å². The summed E-state index contributed by atoms with van der Waals surface area (Å²) in [7, 11) is 3.63. The minimum atomic E-state index is -0.249. The van der Waals surface area contributed by atoms with E-state index in [0.29, 0.717) is 30.6 Å². The molecule has 1 heterocycles. The number of guanidine groups is 1. The summed E-state index contributed by atoms with van der Waals surface area (Å²) in [5.74, 6) is 1.81. The molecule has 2 aromatic rings. The van der Waals surface area contributed by atoms with Crippen molar-refractivity contribution in [3.8, 4) is 0 Å². The van der Waals surface area contributed by atoms with Gasteiger partial charge in [-0.25, -0.2) is 14.4 Å². The van der Waals surface area contributed by atoms with Crippen LogP contribution < -0.4 is 15.5 Å². The average Bonchev–Trinajstić information content (AvgIpc) is 2.88. The van der Waals surface area contributed by atoms with Gasteiger partial charge in [0.25, 0.3) is 0 Å². The highest BCUT2D eigenvalue weighted by molar-refractivity contribution is 14.0. The molecule has 0 aliphatic carbocycles. The van der Waals surface area contributed by atoms with Gasteiger partial charge in [-0.05, 0) is 38.5 Å². The molecule has 26 heavy (non-hydrogen) atoms. The molecule has 1 aromatic heterocycles. The van der Waals surface area contributed by atoms with E-state index in [1.165, 1.54) is 6.07 Å². The highest BCUT2D eigenvalue weighted by atomic mass is 127. The Kier molecular flexibility index (Phi) is 8.83. The lowest BCUT2D eigenvalue weighted by atomic mass is 10.2. The molecule has 0 spiro atoms. The number of rotatable bonds is 6. The maximum atomic E-state index is 14.0. The van der Waals surface area contributed by atoms with Gasteiger partial charge < -0.3 is 20.0 Å². The monoisotopic (exact) mass is 475 g/mol. The van der Waals surface area contributed by atoms with E-state index in [4.69, 9.17) is 4.42 Å². The maximum absolute atomic E-state index is 14.0. The van der Waals surface area contributed by atoms with Crippen LogP contribution >= 0.6 is 24.0 Å². The molecule has 144 valence electrons. The predicted molar refractivity (Wildman–Crippen MR) is 114 cm³/mol. The van der Waals surface area contributed by atoms with Crippen molar-refractivity contribution in [1.29, 1.82) is 0 Å². The minimum Gasteiger partial charge on any atom is -0.444 e. The highest BCUT2D eigenvalue weighted by Crippen LogP contribution is 2.18. The SMILES string of the molecule is CCNC(=NCc1ccc(N(C)C)c(F)c1)NCc1nc(C)c(C)o1.I. The lowest BCUT2D eigenvalue weighted by molar-refractivity contribution is 0.463. The van der Waals surface area contributed by atoms with E-state index in [0.717, 1.165) is 23.6 Å². The van der Waals surface area contributed by atoms with Crippen molar-refractivity contribution in [3.05, 3.63) is 46.9 Å².